The normalized spacial score (nSPS) is 10.4. The summed E-state index contributed by atoms with van der Waals surface area (Å²) in [7, 11) is 0. The molecule has 20 heavy (non-hydrogen) atoms. The van der Waals surface area contributed by atoms with Gasteiger partial charge in [-0.05, 0) is 31.1 Å². The lowest BCUT2D eigenvalue weighted by Crippen LogP contribution is -2.10. The van der Waals surface area contributed by atoms with Gasteiger partial charge in [-0.25, -0.2) is 4.79 Å². The first-order chi connectivity index (χ1) is 9.63. The van der Waals surface area contributed by atoms with E-state index in [1.165, 1.54) is 16.9 Å². The van der Waals surface area contributed by atoms with E-state index in [0.29, 0.717) is 27.8 Å². The molecule has 0 aliphatic rings. The maximum absolute atomic E-state index is 11.8. The van der Waals surface area contributed by atoms with E-state index in [9.17, 15) is 4.79 Å². The summed E-state index contributed by atoms with van der Waals surface area (Å²) < 4.78 is 7.36. The highest BCUT2D eigenvalue weighted by molar-refractivity contribution is 7.73. The molecule has 1 aromatic carbocycles. The third-order valence-corrected chi connectivity index (χ3v) is 4.31. The maximum atomic E-state index is 11.8. The summed E-state index contributed by atoms with van der Waals surface area (Å²) >= 11 is 6.48. The molecule has 0 fully saturated rings. The van der Waals surface area contributed by atoms with E-state index in [4.69, 9.17) is 22.7 Å². The number of esters is 1. The summed E-state index contributed by atoms with van der Waals surface area (Å²) in [5.41, 5.74) is 7.21. The van der Waals surface area contributed by atoms with Crippen LogP contribution in [0.1, 0.15) is 22.2 Å². The third-order valence-electron chi connectivity index (χ3n) is 2.86. The van der Waals surface area contributed by atoms with Crippen LogP contribution in [0.5, 0.6) is 0 Å². The van der Waals surface area contributed by atoms with Gasteiger partial charge in [-0.2, -0.15) is 0 Å². The minimum absolute atomic E-state index is 0.326. The van der Waals surface area contributed by atoms with Crippen molar-refractivity contribution in [2.24, 2.45) is 0 Å². The zero-order chi connectivity index (χ0) is 14.5. The number of nitrogens with two attached hydrogens (primary N) is 1. The van der Waals surface area contributed by atoms with E-state index < -0.39 is 5.97 Å². The molecule has 6 heteroatoms. The topological polar surface area (TPSA) is 57.2 Å². The fourth-order valence-corrected chi connectivity index (χ4v) is 3.13. The summed E-state index contributed by atoms with van der Waals surface area (Å²) in [6.07, 6.45) is 0.818. The Morgan fingerprint density at radius 3 is 2.75 bits per heavy atom. The average molecular weight is 308 g/mol. The Balaban J connectivity index is 2.17. The van der Waals surface area contributed by atoms with E-state index in [2.05, 4.69) is 12.1 Å². The lowest BCUT2D eigenvalue weighted by molar-refractivity contribution is 0.0533. The Morgan fingerprint density at radius 1 is 1.40 bits per heavy atom. The molecule has 0 atom stereocenters. The second-order valence-corrected chi connectivity index (χ2v) is 5.83. The van der Waals surface area contributed by atoms with Crippen LogP contribution >= 0.6 is 23.6 Å². The third kappa shape index (κ3) is 3.26. The van der Waals surface area contributed by atoms with Crippen LogP contribution in [0, 0.1) is 3.95 Å². The highest BCUT2D eigenvalue weighted by atomic mass is 32.1. The van der Waals surface area contributed by atoms with Gasteiger partial charge >= 0.3 is 5.97 Å². The molecule has 2 N–H and O–H groups in total. The molecule has 106 valence electrons. The van der Waals surface area contributed by atoms with Crippen LogP contribution in [0.15, 0.2) is 30.3 Å². The van der Waals surface area contributed by atoms with Crippen LogP contribution in [-0.2, 0) is 17.7 Å². The fourth-order valence-electron chi connectivity index (χ4n) is 1.86. The molecule has 0 saturated heterocycles. The molecule has 2 aromatic rings. The Bertz CT molecular complexity index is 647. The van der Waals surface area contributed by atoms with E-state index in [-0.39, 0.29) is 0 Å². The largest absolute Gasteiger partial charge is 0.462 e. The number of aromatic nitrogens is 1. The number of aryl methyl sites for hydroxylation is 1. The summed E-state index contributed by atoms with van der Waals surface area (Å²) in [6.45, 7) is 2.75. The predicted molar refractivity (Wildman–Crippen MR) is 83.7 cm³/mol. The Hall–Kier alpha value is -1.66. The molecule has 0 aliphatic carbocycles. The van der Waals surface area contributed by atoms with Gasteiger partial charge in [0, 0.05) is 6.54 Å². The van der Waals surface area contributed by atoms with Crippen LogP contribution in [0.25, 0.3) is 0 Å². The van der Waals surface area contributed by atoms with Gasteiger partial charge in [0.2, 0.25) is 0 Å². The standard InChI is InChI=1S/C14H16N2O2S2/c1-2-18-13(17)11-12(15)16(14(19)20-11)9-8-10-6-4-3-5-7-10/h3-7H,2,8-9,15H2,1H3. The molecule has 0 saturated carbocycles. The lowest BCUT2D eigenvalue weighted by atomic mass is 10.1. The van der Waals surface area contributed by atoms with E-state index >= 15 is 0 Å². The molecule has 1 heterocycles. The van der Waals surface area contributed by atoms with E-state index in [1.54, 1.807) is 11.5 Å². The van der Waals surface area contributed by atoms with Gasteiger partial charge in [0.25, 0.3) is 0 Å². The summed E-state index contributed by atoms with van der Waals surface area (Å²) in [6, 6.07) is 10.1. The number of ether oxygens (including phenoxy) is 1. The minimum atomic E-state index is -0.403. The summed E-state index contributed by atoms with van der Waals surface area (Å²) in [4.78, 5) is 12.1. The monoisotopic (exact) mass is 308 g/mol. The number of hydrogen-bond donors (Lipinski definition) is 1. The van der Waals surface area contributed by atoms with Gasteiger partial charge in [-0.15, -0.1) is 0 Å². The van der Waals surface area contributed by atoms with Crippen molar-refractivity contribution in [2.45, 2.75) is 19.9 Å². The number of nitrogens with zero attached hydrogens (tertiary/aromatic N) is 1. The Labute approximate surface area is 126 Å². The quantitative estimate of drug-likeness (QED) is 0.680. The first-order valence-electron chi connectivity index (χ1n) is 6.33. The zero-order valence-electron chi connectivity index (χ0n) is 11.2. The van der Waals surface area contributed by atoms with Gasteiger partial charge in [0.1, 0.15) is 5.82 Å². The van der Waals surface area contributed by atoms with Crippen molar-refractivity contribution in [3.63, 3.8) is 0 Å². The van der Waals surface area contributed by atoms with Gasteiger partial charge < -0.3 is 15.0 Å². The summed E-state index contributed by atoms with van der Waals surface area (Å²) in [5, 5.41) is 0. The van der Waals surface area contributed by atoms with Gasteiger partial charge in [0.05, 0.1) is 6.61 Å². The highest BCUT2D eigenvalue weighted by Crippen LogP contribution is 2.23. The Morgan fingerprint density at radius 2 is 2.10 bits per heavy atom. The number of carbonyl (C=O) groups is 1. The zero-order valence-corrected chi connectivity index (χ0v) is 12.8. The summed E-state index contributed by atoms with van der Waals surface area (Å²) in [5.74, 6) is -0.00561. The van der Waals surface area contributed by atoms with Crippen LogP contribution in [0.3, 0.4) is 0 Å². The SMILES string of the molecule is CCOC(=O)c1sc(=S)n(CCc2ccccc2)c1N. The first-order valence-corrected chi connectivity index (χ1v) is 7.56. The number of benzene rings is 1. The van der Waals surface area contributed by atoms with Crippen molar-refractivity contribution in [1.82, 2.24) is 4.57 Å². The van der Waals surface area contributed by atoms with Gasteiger partial charge in [-0.3, -0.25) is 0 Å². The molecule has 1 aromatic heterocycles. The smallest absolute Gasteiger partial charge is 0.352 e. The number of anilines is 1. The van der Waals surface area contributed by atoms with Gasteiger partial charge in [0.15, 0.2) is 8.83 Å². The van der Waals surface area contributed by atoms with Crippen molar-refractivity contribution < 1.29 is 9.53 Å². The molecule has 0 spiro atoms. The van der Waals surface area contributed by atoms with Crippen molar-refractivity contribution in [1.29, 1.82) is 0 Å². The molecule has 0 bridgehead atoms. The van der Waals surface area contributed by atoms with Crippen LogP contribution in [0.2, 0.25) is 0 Å². The van der Waals surface area contributed by atoms with E-state index in [1.807, 2.05) is 18.2 Å². The lowest BCUT2D eigenvalue weighted by Gasteiger charge is -2.06. The molecule has 0 amide bonds. The highest BCUT2D eigenvalue weighted by Gasteiger charge is 2.17. The van der Waals surface area contributed by atoms with Crippen LogP contribution < -0.4 is 5.73 Å². The average Bonchev–Trinajstić information content (AvgIpc) is 2.73. The van der Waals surface area contributed by atoms with Crippen molar-refractivity contribution in [2.75, 3.05) is 12.3 Å². The van der Waals surface area contributed by atoms with Crippen LogP contribution in [0.4, 0.5) is 5.82 Å². The number of rotatable bonds is 5. The fraction of sp³-hybridized carbons (Fsp3) is 0.286. The van der Waals surface area contributed by atoms with Crippen molar-refractivity contribution in [3.05, 3.63) is 44.7 Å². The second kappa shape index (κ2) is 6.67. The predicted octanol–water partition coefficient (Wildman–Crippen LogP) is 3.28. The minimum Gasteiger partial charge on any atom is -0.462 e. The Kier molecular flexibility index (Phi) is 4.92. The molecule has 2 rings (SSSR count). The van der Waals surface area contributed by atoms with Crippen molar-refractivity contribution in [3.8, 4) is 0 Å². The second-order valence-electron chi connectivity index (χ2n) is 4.19. The van der Waals surface area contributed by atoms with Crippen molar-refractivity contribution >= 4 is 35.3 Å². The molecule has 0 aliphatic heterocycles. The number of nitrogen functional groups attached to an aromatic ring is 1. The molecular formula is C14H16N2O2S2. The number of carbonyl (C=O) groups excluding carboxylic acids is 1. The molecule has 0 radical (unpaired) electrons. The molecular weight excluding hydrogens is 292 g/mol. The maximum Gasteiger partial charge on any atom is 0.352 e. The number of hydrogen-bond acceptors (Lipinski definition) is 5. The van der Waals surface area contributed by atoms with Crippen LogP contribution in [-0.4, -0.2) is 17.1 Å². The first kappa shape index (κ1) is 14.7. The van der Waals surface area contributed by atoms with Gasteiger partial charge in [-0.1, -0.05) is 41.7 Å². The molecule has 4 nitrogen and oxygen atoms in total. The molecule has 0 unspecified atom stereocenters. The van der Waals surface area contributed by atoms with E-state index in [0.717, 1.165) is 6.42 Å². The number of thiazole rings is 1.